The van der Waals surface area contributed by atoms with Gasteiger partial charge in [0.15, 0.2) is 0 Å². The molecule has 9 heteroatoms. The van der Waals surface area contributed by atoms with Crippen molar-refractivity contribution in [2.75, 3.05) is 19.6 Å². The van der Waals surface area contributed by atoms with Gasteiger partial charge in [-0.3, -0.25) is 9.59 Å². The van der Waals surface area contributed by atoms with Gasteiger partial charge in [0.2, 0.25) is 11.8 Å². The molecule has 3 aliphatic heterocycles. The molecule has 8 nitrogen and oxygen atoms in total. The van der Waals surface area contributed by atoms with E-state index in [1.807, 2.05) is 18.2 Å². The molecule has 3 saturated heterocycles. The summed E-state index contributed by atoms with van der Waals surface area (Å²) in [6.07, 6.45) is 1.51. The molecule has 0 aliphatic carbocycles. The van der Waals surface area contributed by atoms with E-state index in [1.54, 1.807) is 4.90 Å². The maximum atomic E-state index is 13.0. The number of hydrogen-bond acceptors (Lipinski definition) is 7. The molecule has 3 N–H and O–H groups in total. The smallest absolute Gasteiger partial charge is 0.229 e. The van der Waals surface area contributed by atoms with Crippen LogP contribution in [-0.4, -0.2) is 56.8 Å². The van der Waals surface area contributed by atoms with Gasteiger partial charge in [-0.05, 0) is 30.5 Å². The Morgan fingerprint density at radius 1 is 1.41 bits per heavy atom. The number of nitrogens with one attached hydrogen (secondary N) is 1. The predicted molar refractivity (Wildman–Crippen MR) is 98.7 cm³/mol. The van der Waals surface area contributed by atoms with Crippen LogP contribution in [0.1, 0.15) is 18.4 Å². The number of likely N-dealkylation sites (tertiary alicyclic amines) is 1. The molecule has 142 valence electrons. The average molecular weight is 387 g/mol. The zero-order valence-corrected chi connectivity index (χ0v) is 15.6. The predicted octanol–water partition coefficient (Wildman–Crippen LogP) is 0.272. The minimum atomic E-state index is -0.496. The van der Waals surface area contributed by atoms with Gasteiger partial charge in [-0.15, -0.1) is 0 Å². The quantitative estimate of drug-likeness (QED) is 0.762. The molecule has 4 heterocycles. The third-order valence-corrected chi connectivity index (χ3v) is 6.64. The maximum absolute atomic E-state index is 13.0. The van der Waals surface area contributed by atoms with Crippen LogP contribution in [0, 0.1) is 11.8 Å². The van der Waals surface area contributed by atoms with Gasteiger partial charge in [0.05, 0.1) is 41.8 Å². The second-order valence-electron chi connectivity index (χ2n) is 7.62. The Bertz CT molecular complexity index is 917. The van der Waals surface area contributed by atoms with Crippen LogP contribution in [-0.2, 0) is 20.9 Å². The second-order valence-corrected chi connectivity index (χ2v) is 8.15. The Morgan fingerprint density at radius 2 is 2.26 bits per heavy atom. The standard InChI is InChI=1S/C18H21N5O3S/c19-5-6-23-9-18-4-3-13(26-18)14(15(18)17(23)25)16(24)20-8-10-1-2-11-12(7-10)22-27-21-11/h1-2,7,13-15H,3-6,8-9,19H2,(H,20,24)/t13?,14?,15?,18-/m0/s1. The molecule has 1 aromatic carbocycles. The van der Waals surface area contributed by atoms with E-state index in [1.165, 1.54) is 11.7 Å². The molecule has 1 spiro atoms. The Morgan fingerprint density at radius 3 is 3.11 bits per heavy atom. The van der Waals surface area contributed by atoms with Crippen LogP contribution in [0.15, 0.2) is 18.2 Å². The summed E-state index contributed by atoms with van der Waals surface area (Å²) in [5, 5.41) is 3.00. The summed E-state index contributed by atoms with van der Waals surface area (Å²) in [7, 11) is 0. The molecule has 3 unspecified atom stereocenters. The molecule has 27 heavy (non-hydrogen) atoms. The summed E-state index contributed by atoms with van der Waals surface area (Å²) in [5.41, 5.74) is 7.79. The van der Waals surface area contributed by atoms with Crippen molar-refractivity contribution in [3.8, 4) is 0 Å². The van der Waals surface area contributed by atoms with Crippen LogP contribution in [0.3, 0.4) is 0 Å². The number of fused-ring (bicyclic) bond motifs is 2. The Balaban J connectivity index is 1.32. The first-order valence-corrected chi connectivity index (χ1v) is 10.00. The van der Waals surface area contributed by atoms with Crippen molar-refractivity contribution in [1.29, 1.82) is 0 Å². The van der Waals surface area contributed by atoms with Crippen molar-refractivity contribution < 1.29 is 14.3 Å². The molecule has 0 saturated carbocycles. The van der Waals surface area contributed by atoms with Gasteiger partial charge in [-0.25, -0.2) is 0 Å². The van der Waals surface area contributed by atoms with Crippen LogP contribution in [0.25, 0.3) is 11.0 Å². The largest absolute Gasteiger partial charge is 0.368 e. The topological polar surface area (TPSA) is 110 Å². The zero-order chi connectivity index (χ0) is 18.6. The summed E-state index contributed by atoms with van der Waals surface area (Å²) >= 11 is 1.17. The first kappa shape index (κ1) is 17.0. The van der Waals surface area contributed by atoms with Gasteiger partial charge >= 0.3 is 0 Å². The van der Waals surface area contributed by atoms with Crippen LogP contribution in [0.4, 0.5) is 0 Å². The summed E-state index contributed by atoms with van der Waals surface area (Å²) in [5.74, 6) is -0.893. The van der Waals surface area contributed by atoms with Crippen molar-refractivity contribution in [3.63, 3.8) is 0 Å². The highest BCUT2D eigenvalue weighted by Crippen LogP contribution is 2.55. The Kier molecular flexibility index (Phi) is 3.92. The normalized spacial score (nSPS) is 31.7. The SMILES string of the molecule is NCCN1C[C@]23CCC(O2)C(C(=O)NCc2ccc4nsnc4c2)C3C1=O. The number of nitrogens with zero attached hydrogens (tertiary/aromatic N) is 3. The Hall–Kier alpha value is -2.10. The molecule has 1 aromatic heterocycles. The summed E-state index contributed by atoms with van der Waals surface area (Å²) in [6.45, 7) is 1.89. The lowest BCUT2D eigenvalue weighted by Gasteiger charge is -2.27. The molecule has 2 aromatic rings. The van der Waals surface area contributed by atoms with Crippen molar-refractivity contribution in [1.82, 2.24) is 19.0 Å². The lowest BCUT2D eigenvalue weighted by atomic mass is 9.73. The Labute approximate surface area is 160 Å². The molecule has 3 aliphatic rings. The lowest BCUT2D eigenvalue weighted by molar-refractivity contribution is -0.138. The molecular formula is C18H21N5O3S. The number of benzene rings is 1. The minimum absolute atomic E-state index is 0.0118. The van der Waals surface area contributed by atoms with Gasteiger partial charge < -0.3 is 20.7 Å². The maximum Gasteiger partial charge on any atom is 0.229 e. The van der Waals surface area contributed by atoms with Crippen LogP contribution >= 0.6 is 11.7 Å². The van der Waals surface area contributed by atoms with E-state index in [0.717, 1.165) is 29.4 Å². The highest BCUT2D eigenvalue weighted by molar-refractivity contribution is 7.00. The number of carbonyl (C=O) groups excluding carboxylic acids is 2. The fourth-order valence-electron chi connectivity index (χ4n) is 4.93. The van der Waals surface area contributed by atoms with E-state index in [4.69, 9.17) is 10.5 Å². The highest BCUT2D eigenvalue weighted by Gasteiger charge is 2.68. The van der Waals surface area contributed by atoms with Gasteiger partial charge in [-0.1, -0.05) is 6.07 Å². The van der Waals surface area contributed by atoms with E-state index >= 15 is 0 Å². The second kappa shape index (κ2) is 6.22. The summed E-state index contributed by atoms with van der Waals surface area (Å²) in [4.78, 5) is 27.6. The van der Waals surface area contributed by atoms with Gasteiger partial charge in [0.25, 0.3) is 0 Å². The van der Waals surface area contributed by atoms with E-state index in [-0.39, 0.29) is 23.8 Å². The fraction of sp³-hybridized carbons (Fsp3) is 0.556. The third-order valence-electron chi connectivity index (χ3n) is 6.09. The summed E-state index contributed by atoms with van der Waals surface area (Å²) in [6, 6.07) is 5.77. The number of ether oxygens (including phenoxy) is 1. The number of aromatic nitrogens is 2. The van der Waals surface area contributed by atoms with E-state index in [9.17, 15) is 9.59 Å². The molecule has 2 amide bonds. The van der Waals surface area contributed by atoms with Crippen LogP contribution in [0.5, 0.6) is 0 Å². The molecular weight excluding hydrogens is 366 g/mol. The molecule has 3 fully saturated rings. The van der Waals surface area contributed by atoms with Gasteiger partial charge in [-0.2, -0.15) is 8.75 Å². The van der Waals surface area contributed by atoms with Crippen molar-refractivity contribution in [3.05, 3.63) is 23.8 Å². The third kappa shape index (κ3) is 2.56. The molecule has 0 radical (unpaired) electrons. The summed E-state index contributed by atoms with van der Waals surface area (Å²) < 4.78 is 14.6. The number of amides is 2. The number of carbonyl (C=O) groups is 2. The van der Waals surface area contributed by atoms with Crippen molar-refractivity contribution in [2.45, 2.75) is 31.1 Å². The molecule has 5 rings (SSSR count). The average Bonchev–Trinajstić information content (AvgIpc) is 3.41. The van der Waals surface area contributed by atoms with Crippen molar-refractivity contribution >= 4 is 34.6 Å². The lowest BCUT2D eigenvalue weighted by Crippen LogP contribution is -2.45. The van der Waals surface area contributed by atoms with E-state index in [0.29, 0.717) is 26.2 Å². The number of hydrogen-bond donors (Lipinski definition) is 2. The van der Waals surface area contributed by atoms with Crippen molar-refractivity contribution in [2.24, 2.45) is 17.6 Å². The zero-order valence-electron chi connectivity index (χ0n) is 14.8. The van der Waals surface area contributed by atoms with E-state index in [2.05, 4.69) is 14.1 Å². The molecule has 2 bridgehead atoms. The fourth-order valence-corrected chi connectivity index (χ4v) is 5.45. The highest BCUT2D eigenvalue weighted by atomic mass is 32.1. The van der Waals surface area contributed by atoms with Gasteiger partial charge in [0, 0.05) is 19.6 Å². The van der Waals surface area contributed by atoms with Crippen LogP contribution < -0.4 is 11.1 Å². The minimum Gasteiger partial charge on any atom is -0.368 e. The van der Waals surface area contributed by atoms with Gasteiger partial charge in [0.1, 0.15) is 11.0 Å². The first-order valence-electron chi connectivity index (χ1n) is 9.27. The van der Waals surface area contributed by atoms with Crippen LogP contribution in [0.2, 0.25) is 0 Å². The monoisotopic (exact) mass is 387 g/mol. The number of rotatable bonds is 5. The number of nitrogens with two attached hydrogens (primary N) is 1. The molecule has 4 atom stereocenters. The first-order chi connectivity index (χ1) is 13.1. The van der Waals surface area contributed by atoms with E-state index < -0.39 is 11.5 Å².